The van der Waals surface area contributed by atoms with Gasteiger partial charge < -0.3 is 20.4 Å². The minimum absolute atomic E-state index is 0.305. The normalized spacial score (nSPS) is 12.1. The first-order chi connectivity index (χ1) is 10.6. The summed E-state index contributed by atoms with van der Waals surface area (Å²) in [5.41, 5.74) is 0. The van der Waals surface area contributed by atoms with E-state index in [9.17, 15) is 5.11 Å². The van der Waals surface area contributed by atoms with Crippen molar-refractivity contribution in [2.75, 3.05) is 0 Å². The van der Waals surface area contributed by atoms with Crippen LogP contribution in [0, 0.1) is 0 Å². The number of aliphatic hydroxyl groups excluding tert-OH is 2. The molecule has 0 aliphatic heterocycles. The van der Waals surface area contributed by atoms with Crippen LogP contribution in [-0.4, -0.2) is 44.6 Å². The fraction of sp³-hybridized carbons (Fsp3) is 0.882. The number of carboxylic acid groups (broad SMARTS) is 2. The van der Waals surface area contributed by atoms with Crippen molar-refractivity contribution in [2.45, 2.75) is 97.7 Å². The third-order valence-corrected chi connectivity index (χ3v) is 2.75. The average Bonchev–Trinajstić information content (AvgIpc) is 2.35. The van der Waals surface area contributed by atoms with E-state index in [1.54, 1.807) is 6.92 Å². The lowest BCUT2D eigenvalue weighted by Crippen LogP contribution is -2.14. The quantitative estimate of drug-likeness (QED) is 0.454. The number of carbonyl (C=O) groups is 2. The summed E-state index contributed by atoms with van der Waals surface area (Å²) in [5.74, 6) is -1.67. The van der Waals surface area contributed by atoms with Crippen molar-refractivity contribution in [3.05, 3.63) is 0 Å². The molecule has 2 atom stereocenters. The van der Waals surface area contributed by atoms with Gasteiger partial charge in [-0.1, -0.05) is 51.9 Å². The average molecular weight is 336 g/mol. The Labute approximate surface area is 140 Å². The lowest BCUT2D eigenvalue weighted by Gasteiger charge is -2.11. The van der Waals surface area contributed by atoms with Crippen LogP contribution >= 0.6 is 0 Å². The van der Waals surface area contributed by atoms with E-state index in [0.717, 1.165) is 26.7 Å². The molecule has 4 N–H and O–H groups in total. The third-order valence-electron chi connectivity index (χ3n) is 2.75. The largest absolute Gasteiger partial charge is 0.481 e. The van der Waals surface area contributed by atoms with Crippen molar-refractivity contribution in [1.29, 1.82) is 0 Å². The highest BCUT2D eigenvalue weighted by molar-refractivity contribution is 5.63. The Balaban J connectivity index is -0.000000413. The first-order valence-corrected chi connectivity index (χ1v) is 8.38. The fourth-order valence-corrected chi connectivity index (χ4v) is 1.85. The molecule has 0 aromatic rings. The summed E-state index contributed by atoms with van der Waals surface area (Å²) in [6, 6.07) is 0. The molecule has 0 fully saturated rings. The maximum atomic E-state index is 9.50. The molecule has 0 heterocycles. The smallest absolute Gasteiger partial charge is 0.300 e. The van der Waals surface area contributed by atoms with Gasteiger partial charge in [-0.25, -0.2) is 0 Å². The van der Waals surface area contributed by atoms with Crippen molar-refractivity contribution in [3.63, 3.8) is 0 Å². The van der Waals surface area contributed by atoms with Crippen molar-refractivity contribution < 1.29 is 30.0 Å². The van der Waals surface area contributed by atoms with E-state index < -0.39 is 11.9 Å². The highest BCUT2D eigenvalue weighted by Gasteiger charge is 2.06. The van der Waals surface area contributed by atoms with E-state index in [1.807, 2.05) is 0 Å². The summed E-state index contributed by atoms with van der Waals surface area (Å²) in [7, 11) is 0. The van der Waals surface area contributed by atoms with Crippen LogP contribution in [0.15, 0.2) is 0 Å². The van der Waals surface area contributed by atoms with Gasteiger partial charge in [0.2, 0.25) is 0 Å². The number of carboxylic acids is 2. The number of rotatable bonds is 10. The van der Waals surface area contributed by atoms with Gasteiger partial charge in [-0.2, -0.15) is 0 Å². The SMILES string of the molecule is CC(=O)O.CC(=O)O.CCCCCCCCCC(O)CC(C)O. The molecule has 6 nitrogen and oxygen atoms in total. The molecule has 0 aromatic carbocycles. The zero-order valence-corrected chi connectivity index (χ0v) is 15.1. The van der Waals surface area contributed by atoms with Crippen molar-refractivity contribution in [1.82, 2.24) is 0 Å². The summed E-state index contributed by atoms with van der Waals surface area (Å²) < 4.78 is 0. The number of hydrogen-bond donors (Lipinski definition) is 4. The van der Waals surface area contributed by atoms with Gasteiger partial charge in [0.25, 0.3) is 11.9 Å². The van der Waals surface area contributed by atoms with Gasteiger partial charge in [-0.3, -0.25) is 9.59 Å². The van der Waals surface area contributed by atoms with Crippen LogP contribution in [0.25, 0.3) is 0 Å². The zero-order chi connectivity index (χ0) is 18.7. The van der Waals surface area contributed by atoms with Crippen molar-refractivity contribution in [3.8, 4) is 0 Å². The van der Waals surface area contributed by atoms with Crippen molar-refractivity contribution >= 4 is 11.9 Å². The molecule has 0 saturated carbocycles. The summed E-state index contributed by atoms with van der Waals surface area (Å²) >= 11 is 0. The molecule has 0 aliphatic rings. The molecule has 0 radical (unpaired) electrons. The minimum Gasteiger partial charge on any atom is -0.481 e. The Morgan fingerprint density at radius 1 is 0.826 bits per heavy atom. The molecule has 0 spiro atoms. The maximum Gasteiger partial charge on any atom is 0.300 e. The molecule has 23 heavy (non-hydrogen) atoms. The second-order valence-corrected chi connectivity index (χ2v) is 5.69. The van der Waals surface area contributed by atoms with E-state index in [4.69, 9.17) is 24.9 Å². The predicted octanol–water partition coefficient (Wildman–Crippen LogP) is 3.44. The lowest BCUT2D eigenvalue weighted by molar-refractivity contribution is -0.135. The van der Waals surface area contributed by atoms with Crippen molar-refractivity contribution in [2.24, 2.45) is 0 Å². The van der Waals surface area contributed by atoms with Crippen LogP contribution in [0.3, 0.4) is 0 Å². The Morgan fingerprint density at radius 3 is 1.52 bits per heavy atom. The standard InChI is InChI=1S/C13H28O2.2C2H4O2/c1-3-4-5-6-7-8-9-10-13(15)11-12(2)14;2*1-2(3)4/h12-15H,3-11H2,1-2H3;2*1H3,(H,3,4). The van der Waals surface area contributed by atoms with Crippen LogP contribution in [0.1, 0.15) is 85.5 Å². The van der Waals surface area contributed by atoms with Gasteiger partial charge >= 0.3 is 0 Å². The molecule has 2 unspecified atom stereocenters. The molecule has 6 heteroatoms. The second-order valence-electron chi connectivity index (χ2n) is 5.69. The summed E-state index contributed by atoms with van der Waals surface area (Å²) in [5, 5.41) is 33.4. The van der Waals surface area contributed by atoms with Gasteiger partial charge in [-0.15, -0.1) is 0 Å². The molecule has 0 rings (SSSR count). The molecule has 0 bridgehead atoms. The first-order valence-electron chi connectivity index (χ1n) is 8.38. The number of hydrogen-bond acceptors (Lipinski definition) is 4. The highest BCUT2D eigenvalue weighted by Crippen LogP contribution is 2.11. The molecular formula is C17H36O6. The van der Waals surface area contributed by atoms with E-state index >= 15 is 0 Å². The molecular weight excluding hydrogens is 300 g/mol. The lowest BCUT2D eigenvalue weighted by atomic mass is 10.0. The van der Waals surface area contributed by atoms with Gasteiger partial charge in [0.05, 0.1) is 12.2 Å². The van der Waals surface area contributed by atoms with E-state index in [0.29, 0.717) is 6.42 Å². The second kappa shape index (κ2) is 20.9. The Hall–Kier alpha value is -1.14. The number of aliphatic carboxylic acids is 2. The Morgan fingerprint density at radius 2 is 1.17 bits per heavy atom. The maximum absolute atomic E-state index is 9.50. The molecule has 0 aliphatic carbocycles. The number of aliphatic hydroxyl groups is 2. The molecule has 0 saturated heterocycles. The Kier molecular flexibility index (Phi) is 24.3. The molecule has 0 amide bonds. The first kappa shape index (κ1) is 26.7. The Bertz CT molecular complexity index is 246. The van der Waals surface area contributed by atoms with Crippen LogP contribution in [-0.2, 0) is 9.59 Å². The monoisotopic (exact) mass is 336 g/mol. The minimum atomic E-state index is -0.833. The van der Waals surface area contributed by atoms with Crippen LogP contribution in [0.5, 0.6) is 0 Å². The molecule has 0 aromatic heterocycles. The summed E-state index contributed by atoms with van der Waals surface area (Å²) in [4.78, 5) is 18.0. The fourth-order valence-electron chi connectivity index (χ4n) is 1.85. The molecule has 140 valence electrons. The summed E-state index contributed by atoms with van der Waals surface area (Å²) in [6.45, 7) is 6.13. The van der Waals surface area contributed by atoms with Gasteiger partial charge in [0, 0.05) is 13.8 Å². The van der Waals surface area contributed by atoms with Crippen LogP contribution < -0.4 is 0 Å². The predicted molar refractivity (Wildman–Crippen MR) is 91.5 cm³/mol. The van der Waals surface area contributed by atoms with E-state index in [2.05, 4.69) is 6.92 Å². The van der Waals surface area contributed by atoms with Gasteiger partial charge in [-0.05, 0) is 19.8 Å². The van der Waals surface area contributed by atoms with Gasteiger partial charge in [0.1, 0.15) is 0 Å². The van der Waals surface area contributed by atoms with E-state index in [-0.39, 0.29) is 12.2 Å². The third kappa shape index (κ3) is 52.8. The highest BCUT2D eigenvalue weighted by atomic mass is 16.4. The topological polar surface area (TPSA) is 115 Å². The zero-order valence-electron chi connectivity index (χ0n) is 15.1. The van der Waals surface area contributed by atoms with Crippen LogP contribution in [0.4, 0.5) is 0 Å². The number of unbranched alkanes of at least 4 members (excludes halogenated alkanes) is 6. The van der Waals surface area contributed by atoms with Crippen LogP contribution in [0.2, 0.25) is 0 Å². The van der Waals surface area contributed by atoms with E-state index in [1.165, 1.54) is 38.5 Å². The summed E-state index contributed by atoms with van der Waals surface area (Å²) in [6.07, 6.45) is 9.65. The van der Waals surface area contributed by atoms with Gasteiger partial charge in [0.15, 0.2) is 0 Å².